The molecule has 1 aromatic carbocycles. The lowest BCUT2D eigenvalue weighted by atomic mass is 9.87. The van der Waals surface area contributed by atoms with E-state index in [-0.39, 0.29) is 36.5 Å². The number of hydrogen-bond donors (Lipinski definition) is 3. The number of H-pyrrole nitrogens is 1. The molecule has 1 saturated heterocycles. The minimum atomic E-state index is -2.52. The Bertz CT molecular complexity index is 1280. The van der Waals surface area contributed by atoms with E-state index in [1.54, 1.807) is 0 Å². The average molecular weight is 497 g/mol. The van der Waals surface area contributed by atoms with E-state index in [9.17, 15) is 13.6 Å². The predicted molar refractivity (Wildman–Crippen MR) is 139 cm³/mol. The molecule has 2 atom stereocenters. The molecule has 2 aromatic heterocycles. The maximum absolute atomic E-state index is 13.5. The van der Waals surface area contributed by atoms with Crippen molar-refractivity contribution in [1.82, 2.24) is 15.3 Å². The van der Waals surface area contributed by atoms with E-state index in [4.69, 9.17) is 4.74 Å². The predicted octanol–water partition coefficient (Wildman–Crippen LogP) is 5.19. The smallest absolute Gasteiger partial charge is 0.251 e. The van der Waals surface area contributed by atoms with Crippen molar-refractivity contribution in [1.29, 1.82) is 0 Å². The van der Waals surface area contributed by atoms with Gasteiger partial charge in [-0.2, -0.15) is 0 Å². The number of piperidine rings is 1. The zero-order chi connectivity index (χ0) is 25.3. The quantitative estimate of drug-likeness (QED) is 0.438. The van der Waals surface area contributed by atoms with Gasteiger partial charge in [0, 0.05) is 54.9 Å². The number of aromatic amines is 1. The number of rotatable bonds is 6. The molecule has 0 unspecified atom stereocenters. The minimum absolute atomic E-state index is 0.0378. The topological polar surface area (TPSA) is 79.0 Å². The van der Waals surface area contributed by atoms with Crippen LogP contribution in [0.15, 0.2) is 41.5 Å². The van der Waals surface area contributed by atoms with Crippen molar-refractivity contribution in [2.24, 2.45) is 5.92 Å². The van der Waals surface area contributed by atoms with E-state index in [1.807, 2.05) is 38.4 Å². The number of ether oxygens (including phenoxy) is 1. The zero-order valence-electron chi connectivity index (χ0n) is 20.9. The number of pyridine rings is 2. The molecule has 0 spiro atoms. The molecular weight excluding hydrogens is 462 g/mol. The minimum Gasteiger partial charge on any atom is -0.378 e. The van der Waals surface area contributed by atoms with Gasteiger partial charge in [0.25, 0.3) is 5.56 Å². The number of benzene rings is 1. The molecule has 2 fully saturated rings. The highest BCUT2D eigenvalue weighted by Gasteiger charge is 2.35. The highest BCUT2D eigenvalue weighted by atomic mass is 19.3. The van der Waals surface area contributed by atoms with Gasteiger partial charge in [-0.3, -0.25) is 9.78 Å². The maximum atomic E-state index is 13.5. The fraction of sp³-hybridized carbons (Fsp3) is 0.500. The normalized spacial score (nSPS) is 22.6. The summed E-state index contributed by atoms with van der Waals surface area (Å²) in [7, 11) is 0. The molecule has 3 heterocycles. The first kappa shape index (κ1) is 24.8. The Morgan fingerprint density at radius 2 is 1.94 bits per heavy atom. The number of hydrogen-bond acceptors (Lipinski definition) is 5. The summed E-state index contributed by atoms with van der Waals surface area (Å²) in [6.45, 7) is 5.87. The second kappa shape index (κ2) is 10.3. The molecule has 0 bridgehead atoms. The van der Waals surface area contributed by atoms with Crippen molar-refractivity contribution < 1.29 is 13.5 Å². The van der Waals surface area contributed by atoms with Crippen LogP contribution in [0.4, 0.5) is 14.5 Å². The summed E-state index contributed by atoms with van der Waals surface area (Å²) in [5.74, 6) is -2.35. The van der Waals surface area contributed by atoms with Gasteiger partial charge >= 0.3 is 0 Å². The summed E-state index contributed by atoms with van der Waals surface area (Å²) >= 11 is 0. The van der Waals surface area contributed by atoms with Gasteiger partial charge in [0.15, 0.2) is 0 Å². The standard InChI is InChI=1S/C28H34F2N4O2/c1-17-11-20(14-32-13-17)21-3-4-24(26-22(21)12-18(2)27(35)34-26)33-23-7-10-31-15-25(23)36-16-19-5-8-28(29,30)9-6-19/h3-4,11-14,19,23,25,31,33H,5-10,15-16H2,1-2H3,(H,34,35)/t23-,25-/m1/s1. The van der Waals surface area contributed by atoms with Crippen molar-refractivity contribution in [3.63, 3.8) is 0 Å². The molecule has 1 saturated carbocycles. The van der Waals surface area contributed by atoms with Crippen molar-refractivity contribution in [3.05, 3.63) is 58.1 Å². The first-order chi connectivity index (χ1) is 17.3. The summed E-state index contributed by atoms with van der Waals surface area (Å²) in [6.07, 6.45) is 5.35. The van der Waals surface area contributed by atoms with E-state index in [1.165, 1.54) is 0 Å². The van der Waals surface area contributed by atoms with Crippen LogP contribution < -0.4 is 16.2 Å². The van der Waals surface area contributed by atoms with Gasteiger partial charge in [0.2, 0.25) is 5.92 Å². The Labute approximate surface area is 209 Å². The third-order valence-corrected chi connectivity index (χ3v) is 7.54. The second-order valence-corrected chi connectivity index (χ2v) is 10.4. The van der Waals surface area contributed by atoms with Crippen LogP contribution in [0, 0.1) is 19.8 Å². The van der Waals surface area contributed by atoms with Crippen LogP contribution in [0.1, 0.15) is 43.2 Å². The summed E-state index contributed by atoms with van der Waals surface area (Å²) in [5, 5.41) is 7.99. The molecule has 36 heavy (non-hydrogen) atoms. The van der Waals surface area contributed by atoms with E-state index in [0.29, 0.717) is 31.6 Å². The Morgan fingerprint density at radius 3 is 2.72 bits per heavy atom. The monoisotopic (exact) mass is 496 g/mol. The van der Waals surface area contributed by atoms with Crippen LogP contribution in [0.5, 0.6) is 0 Å². The van der Waals surface area contributed by atoms with Gasteiger partial charge < -0.3 is 20.4 Å². The van der Waals surface area contributed by atoms with Crippen LogP contribution in [-0.2, 0) is 4.74 Å². The fourth-order valence-corrected chi connectivity index (χ4v) is 5.37. The maximum Gasteiger partial charge on any atom is 0.251 e. The fourth-order valence-electron chi connectivity index (χ4n) is 5.37. The lowest BCUT2D eigenvalue weighted by molar-refractivity contribution is -0.0652. The highest BCUT2D eigenvalue weighted by Crippen LogP contribution is 2.37. The number of anilines is 1. The van der Waals surface area contributed by atoms with Crippen molar-refractivity contribution in [2.75, 3.05) is 25.0 Å². The SMILES string of the molecule is Cc1cncc(-c2ccc(N[C@@H]3CCNC[C@H]3OCC3CCC(F)(F)CC3)c3[nH]c(=O)c(C)cc23)c1. The largest absolute Gasteiger partial charge is 0.378 e. The number of nitrogens with zero attached hydrogens (tertiary/aromatic N) is 1. The summed E-state index contributed by atoms with van der Waals surface area (Å²) in [6, 6.07) is 8.14. The molecule has 5 rings (SSSR count). The number of fused-ring (bicyclic) bond motifs is 1. The van der Waals surface area contributed by atoms with E-state index >= 15 is 0 Å². The average Bonchev–Trinajstić information content (AvgIpc) is 2.85. The van der Waals surface area contributed by atoms with Crippen molar-refractivity contribution >= 4 is 16.6 Å². The first-order valence-electron chi connectivity index (χ1n) is 12.8. The van der Waals surface area contributed by atoms with Gasteiger partial charge in [-0.1, -0.05) is 6.07 Å². The van der Waals surface area contributed by atoms with E-state index in [2.05, 4.69) is 32.7 Å². The van der Waals surface area contributed by atoms with Crippen LogP contribution in [0.25, 0.3) is 22.0 Å². The van der Waals surface area contributed by atoms with Gasteiger partial charge in [0.05, 0.1) is 23.3 Å². The lowest BCUT2D eigenvalue weighted by Crippen LogP contribution is -2.49. The molecule has 0 amide bonds. The van der Waals surface area contributed by atoms with E-state index < -0.39 is 5.92 Å². The van der Waals surface area contributed by atoms with Crippen LogP contribution in [-0.4, -0.2) is 47.7 Å². The molecule has 1 aliphatic heterocycles. The molecular formula is C28H34F2N4O2. The molecule has 3 N–H and O–H groups in total. The van der Waals surface area contributed by atoms with Gasteiger partial charge in [0.1, 0.15) is 0 Å². The van der Waals surface area contributed by atoms with Crippen LogP contribution in [0.2, 0.25) is 0 Å². The first-order valence-corrected chi connectivity index (χ1v) is 12.8. The Kier molecular flexibility index (Phi) is 7.08. The molecule has 8 heteroatoms. The lowest BCUT2D eigenvalue weighted by Gasteiger charge is -2.35. The zero-order valence-corrected chi connectivity index (χ0v) is 20.9. The number of alkyl halides is 2. The number of aromatic nitrogens is 2. The van der Waals surface area contributed by atoms with Crippen LogP contribution >= 0.6 is 0 Å². The Morgan fingerprint density at radius 1 is 1.14 bits per heavy atom. The summed E-state index contributed by atoms with van der Waals surface area (Å²) < 4.78 is 33.3. The number of nitrogens with one attached hydrogen (secondary N) is 3. The van der Waals surface area contributed by atoms with Gasteiger partial charge in [-0.05, 0) is 74.9 Å². The summed E-state index contributed by atoms with van der Waals surface area (Å²) in [5.41, 5.74) is 5.23. The third kappa shape index (κ3) is 5.44. The molecule has 3 aromatic rings. The van der Waals surface area contributed by atoms with Gasteiger partial charge in [-0.25, -0.2) is 8.78 Å². The summed E-state index contributed by atoms with van der Waals surface area (Å²) in [4.78, 5) is 20.0. The molecule has 0 radical (unpaired) electrons. The molecule has 6 nitrogen and oxygen atoms in total. The Hall–Kier alpha value is -2.84. The molecule has 192 valence electrons. The van der Waals surface area contributed by atoms with Crippen LogP contribution in [0.3, 0.4) is 0 Å². The second-order valence-electron chi connectivity index (χ2n) is 10.4. The van der Waals surface area contributed by atoms with Crippen molar-refractivity contribution in [2.45, 2.75) is 64.0 Å². The molecule has 1 aliphatic carbocycles. The van der Waals surface area contributed by atoms with Crippen molar-refractivity contribution in [3.8, 4) is 11.1 Å². The van der Waals surface area contributed by atoms with Gasteiger partial charge in [-0.15, -0.1) is 0 Å². The highest BCUT2D eigenvalue weighted by molar-refractivity contribution is 6.01. The third-order valence-electron chi connectivity index (χ3n) is 7.54. The molecule has 2 aliphatic rings. The Balaban J connectivity index is 1.39. The number of aryl methyl sites for hydroxylation is 2. The number of halogens is 2. The van der Waals surface area contributed by atoms with E-state index in [0.717, 1.165) is 46.2 Å².